The molecular weight excluding hydrogens is 441 g/mol. The smallest absolute Gasteiger partial charge is 0.421 e. The summed E-state index contributed by atoms with van der Waals surface area (Å²) in [7, 11) is 0. The Hall–Kier alpha value is -3.57. The summed E-state index contributed by atoms with van der Waals surface area (Å²) in [6.07, 6.45) is -4.14. The number of nitrogens with one attached hydrogen (secondary N) is 2. The number of anilines is 3. The maximum Gasteiger partial charge on any atom is 0.421 e. The summed E-state index contributed by atoms with van der Waals surface area (Å²) in [6.45, 7) is 5.55. The highest BCUT2D eigenvalue weighted by Gasteiger charge is 2.38. The van der Waals surface area contributed by atoms with Crippen molar-refractivity contribution in [3.8, 4) is 0 Å². The van der Waals surface area contributed by atoms with E-state index in [-0.39, 0.29) is 30.4 Å². The van der Waals surface area contributed by atoms with E-state index in [1.807, 2.05) is 0 Å². The average molecular weight is 466 g/mol. The first-order valence-electron chi connectivity index (χ1n) is 10.2. The molecular formula is C21H25F3N6O3. The predicted molar refractivity (Wildman–Crippen MR) is 115 cm³/mol. The number of alkyl carbamates (subject to hydrolysis) is 1. The second-order valence-corrected chi connectivity index (χ2v) is 8.57. The van der Waals surface area contributed by atoms with Gasteiger partial charge in [0.1, 0.15) is 17.0 Å². The lowest BCUT2D eigenvalue weighted by Crippen LogP contribution is -2.40. The number of rotatable bonds is 5. The standard InChI is InChI=1S/C21H25F3N6O3/c1-20(2,3)33-19(32)28-14-8-9-30(11-14)17-15(21(22,23)24)10-26-18(29-17)27-13-6-4-12(5-7-13)16(25)31/h4-7,10,14H,8-9,11H2,1-3H3,(H2,25,31)(H,28,32)(H,26,27,29). The Morgan fingerprint density at radius 2 is 1.85 bits per heavy atom. The zero-order valence-corrected chi connectivity index (χ0v) is 18.4. The van der Waals surface area contributed by atoms with Gasteiger partial charge in [-0.2, -0.15) is 18.2 Å². The number of nitrogens with two attached hydrogens (primary N) is 1. The molecule has 1 aromatic heterocycles. The van der Waals surface area contributed by atoms with Crippen LogP contribution in [0.2, 0.25) is 0 Å². The quantitative estimate of drug-likeness (QED) is 0.617. The molecule has 1 aromatic carbocycles. The number of halogens is 3. The molecule has 2 aromatic rings. The van der Waals surface area contributed by atoms with E-state index in [0.717, 1.165) is 6.20 Å². The summed E-state index contributed by atoms with van der Waals surface area (Å²) < 4.78 is 46.1. The number of aromatic nitrogens is 2. The highest BCUT2D eigenvalue weighted by atomic mass is 19.4. The molecule has 1 atom stereocenters. The second kappa shape index (κ2) is 9.12. The van der Waals surface area contributed by atoms with Gasteiger partial charge in [-0.15, -0.1) is 0 Å². The van der Waals surface area contributed by atoms with E-state index in [9.17, 15) is 22.8 Å². The highest BCUT2D eigenvalue weighted by molar-refractivity contribution is 5.93. The van der Waals surface area contributed by atoms with E-state index in [1.165, 1.54) is 29.2 Å². The molecule has 1 aliphatic rings. The van der Waals surface area contributed by atoms with Crippen LogP contribution in [-0.4, -0.2) is 46.7 Å². The molecule has 0 bridgehead atoms. The van der Waals surface area contributed by atoms with Crippen LogP contribution in [0.25, 0.3) is 0 Å². The van der Waals surface area contributed by atoms with Gasteiger partial charge in [0.15, 0.2) is 0 Å². The SMILES string of the molecule is CC(C)(C)OC(=O)NC1CCN(c2nc(Nc3ccc(C(N)=O)cc3)ncc2C(F)(F)F)C1. The fourth-order valence-corrected chi connectivity index (χ4v) is 3.27. The average Bonchev–Trinajstić information content (AvgIpc) is 3.14. The highest BCUT2D eigenvalue weighted by Crippen LogP contribution is 2.37. The van der Waals surface area contributed by atoms with Gasteiger partial charge < -0.3 is 26.0 Å². The van der Waals surface area contributed by atoms with Crippen LogP contribution in [0.15, 0.2) is 30.5 Å². The van der Waals surface area contributed by atoms with Crippen molar-refractivity contribution in [2.24, 2.45) is 5.73 Å². The number of primary amides is 1. The Bertz CT molecular complexity index is 1020. The van der Waals surface area contributed by atoms with Crippen LogP contribution in [0.4, 0.5) is 35.4 Å². The van der Waals surface area contributed by atoms with Crippen LogP contribution >= 0.6 is 0 Å². The molecule has 2 heterocycles. The molecule has 4 N–H and O–H groups in total. The molecule has 9 nitrogen and oxygen atoms in total. The van der Waals surface area contributed by atoms with E-state index >= 15 is 0 Å². The number of carbonyl (C=O) groups is 2. The third kappa shape index (κ3) is 6.46. The van der Waals surface area contributed by atoms with Crippen molar-refractivity contribution in [1.29, 1.82) is 0 Å². The Kier molecular flexibility index (Phi) is 6.65. The maximum absolute atomic E-state index is 13.6. The molecule has 178 valence electrons. The molecule has 2 amide bonds. The molecule has 1 aliphatic heterocycles. The zero-order valence-electron chi connectivity index (χ0n) is 18.4. The van der Waals surface area contributed by atoms with Crippen molar-refractivity contribution in [2.75, 3.05) is 23.3 Å². The fourth-order valence-electron chi connectivity index (χ4n) is 3.27. The van der Waals surface area contributed by atoms with E-state index in [0.29, 0.717) is 12.1 Å². The van der Waals surface area contributed by atoms with Crippen LogP contribution < -0.4 is 21.3 Å². The van der Waals surface area contributed by atoms with Gasteiger partial charge in [0, 0.05) is 30.5 Å². The van der Waals surface area contributed by atoms with Gasteiger partial charge in [-0.3, -0.25) is 4.79 Å². The Balaban J connectivity index is 1.78. The number of carbonyl (C=O) groups excluding carboxylic acids is 2. The first-order valence-corrected chi connectivity index (χ1v) is 10.2. The lowest BCUT2D eigenvalue weighted by atomic mass is 10.2. The first-order chi connectivity index (χ1) is 15.3. The Morgan fingerprint density at radius 1 is 1.18 bits per heavy atom. The molecule has 12 heteroatoms. The van der Waals surface area contributed by atoms with Crippen LogP contribution in [0.1, 0.15) is 43.1 Å². The Labute approximate surface area is 188 Å². The number of amides is 2. The lowest BCUT2D eigenvalue weighted by molar-refractivity contribution is -0.137. The number of hydrogen-bond acceptors (Lipinski definition) is 7. The normalized spacial score (nSPS) is 16.4. The van der Waals surface area contributed by atoms with Crippen LogP contribution in [0.3, 0.4) is 0 Å². The second-order valence-electron chi connectivity index (χ2n) is 8.57. The summed E-state index contributed by atoms with van der Waals surface area (Å²) in [4.78, 5) is 32.5. The van der Waals surface area contributed by atoms with Gasteiger partial charge in [-0.05, 0) is 51.5 Å². The molecule has 1 fully saturated rings. The third-order valence-electron chi connectivity index (χ3n) is 4.71. The number of alkyl halides is 3. The largest absolute Gasteiger partial charge is 0.444 e. The van der Waals surface area contributed by atoms with Gasteiger partial charge in [-0.25, -0.2) is 9.78 Å². The molecule has 0 spiro atoms. The van der Waals surface area contributed by atoms with E-state index in [1.54, 1.807) is 20.8 Å². The third-order valence-corrected chi connectivity index (χ3v) is 4.71. The van der Waals surface area contributed by atoms with Gasteiger partial charge in [0.25, 0.3) is 0 Å². The van der Waals surface area contributed by atoms with Gasteiger partial charge in [0.2, 0.25) is 11.9 Å². The Morgan fingerprint density at radius 3 is 2.42 bits per heavy atom. The van der Waals surface area contributed by atoms with Crippen LogP contribution in [-0.2, 0) is 10.9 Å². The van der Waals surface area contributed by atoms with Gasteiger partial charge in [0.05, 0.1) is 6.04 Å². The topological polar surface area (TPSA) is 122 Å². The number of ether oxygens (including phenoxy) is 1. The van der Waals surface area contributed by atoms with Crippen molar-refractivity contribution >= 4 is 29.5 Å². The van der Waals surface area contributed by atoms with E-state index < -0.39 is 35.4 Å². The van der Waals surface area contributed by atoms with Crippen molar-refractivity contribution < 1.29 is 27.5 Å². The molecule has 0 saturated carbocycles. The molecule has 1 saturated heterocycles. The minimum absolute atomic E-state index is 0.0478. The number of nitrogens with zero attached hydrogens (tertiary/aromatic N) is 3. The van der Waals surface area contributed by atoms with Gasteiger partial charge >= 0.3 is 12.3 Å². The first kappa shape index (κ1) is 24.1. The molecule has 1 unspecified atom stereocenters. The summed E-state index contributed by atoms with van der Waals surface area (Å²) in [5.41, 5.74) is 4.30. The zero-order chi connectivity index (χ0) is 24.4. The van der Waals surface area contributed by atoms with E-state index in [2.05, 4.69) is 20.6 Å². The summed E-state index contributed by atoms with van der Waals surface area (Å²) in [5.74, 6) is -0.936. The molecule has 33 heavy (non-hydrogen) atoms. The molecule has 3 rings (SSSR count). The van der Waals surface area contributed by atoms with Crippen molar-refractivity contribution in [1.82, 2.24) is 15.3 Å². The number of benzene rings is 1. The minimum Gasteiger partial charge on any atom is -0.444 e. The molecule has 0 aliphatic carbocycles. The maximum atomic E-state index is 13.6. The predicted octanol–water partition coefficient (Wildman–Crippen LogP) is 3.44. The summed E-state index contributed by atoms with van der Waals surface area (Å²) >= 11 is 0. The van der Waals surface area contributed by atoms with E-state index in [4.69, 9.17) is 10.5 Å². The minimum atomic E-state index is -4.66. The van der Waals surface area contributed by atoms with Gasteiger partial charge in [-0.1, -0.05) is 0 Å². The number of hydrogen-bond donors (Lipinski definition) is 3. The monoisotopic (exact) mass is 466 g/mol. The summed E-state index contributed by atoms with van der Waals surface area (Å²) in [5, 5.41) is 5.50. The van der Waals surface area contributed by atoms with Crippen LogP contribution in [0.5, 0.6) is 0 Å². The molecule has 0 radical (unpaired) electrons. The van der Waals surface area contributed by atoms with Crippen LogP contribution in [0, 0.1) is 0 Å². The van der Waals surface area contributed by atoms with Crippen molar-refractivity contribution in [2.45, 2.75) is 45.0 Å². The lowest BCUT2D eigenvalue weighted by Gasteiger charge is -2.23. The fraction of sp³-hybridized carbons (Fsp3) is 0.429. The summed E-state index contributed by atoms with van der Waals surface area (Å²) in [6, 6.07) is 5.63. The van der Waals surface area contributed by atoms with Crippen molar-refractivity contribution in [3.63, 3.8) is 0 Å². The van der Waals surface area contributed by atoms with Crippen molar-refractivity contribution in [3.05, 3.63) is 41.6 Å².